The molecule has 0 fully saturated rings. The van der Waals surface area contributed by atoms with Gasteiger partial charge in [0.1, 0.15) is 0 Å². The van der Waals surface area contributed by atoms with Crippen molar-refractivity contribution in [1.29, 1.82) is 0 Å². The average molecular weight is 160 g/mol. The molecule has 0 amide bonds. The lowest BCUT2D eigenvalue weighted by Gasteiger charge is -2.33. The Morgan fingerprint density at radius 3 is 1.55 bits per heavy atom. The summed E-state index contributed by atoms with van der Waals surface area (Å²) in [5, 5.41) is 0. The van der Waals surface area contributed by atoms with Gasteiger partial charge in [-0.1, -0.05) is 13.8 Å². The molecule has 0 saturated heterocycles. The van der Waals surface area contributed by atoms with E-state index < -0.39 is 5.79 Å². The van der Waals surface area contributed by atoms with Gasteiger partial charge in [-0.05, 0) is 19.8 Å². The molecule has 0 atom stereocenters. The van der Waals surface area contributed by atoms with Crippen LogP contribution in [0.15, 0.2) is 0 Å². The van der Waals surface area contributed by atoms with E-state index in [2.05, 4.69) is 13.8 Å². The molecule has 0 heterocycles. The third-order valence-corrected chi connectivity index (χ3v) is 2.54. The van der Waals surface area contributed by atoms with Crippen LogP contribution < -0.4 is 0 Å². The number of ether oxygens (including phenoxy) is 2. The predicted molar refractivity (Wildman–Crippen MR) is 46.5 cm³/mol. The molecule has 0 spiro atoms. The molecular weight excluding hydrogens is 140 g/mol. The molecule has 0 aromatic heterocycles. The van der Waals surface area contributed by atoms with E-state index in [4.69, 9.17) is 9.47 Å². The second-order valence-electron chi connectivity index (χ2n) is 2.94. The fourth-order valence-electron chi connectivity index (χ4n) is 1.45. The maximum absolute atomic E-state index is 5.31. The molecule has 2 nitrogen and oxygen atoms in total. The van der Waals surface area contributed by atoms with Crippen molar-refractivity contribution in [2.45, 2.75) is 39.4 Å². The highest BCUT2D eigenvalue weighted by Gasteiger charge is 2.31. The molecule has 0 bridgehead atoms. The summed E-state index contributed by atoms with van der Waals surface area (Å²) >= 11 is 0. The highest BCUT2D eigenvalue weighted by atomic mass is 16.7. The first-order valence-electron chi connectivity index (χ1n) is 4.24. The molecule has 68 valence electrons. The summed E-state index contributed by atoms with van der Waals surface area (Å²) in [5.74, 6) is 0.0845. The van der Waals surface area contributed by atoms with Crippen LogP contribution in [0.3, 0.4) is 0 Å². The zero-order valence-corrected chi connectivity index (χ0v) is 8.31. The summed E-state index contributed by atoms with van der Waals surface area (Å²) in [6.45, 7) is 6.31. The number of methoxy groups -OCH3 is 2. The van der Waals surface area contributed by atoms with E-state index in [1.54, 1.807) is 14.2 Å². The fraction of sp³-hybridized carbons (Fsp3) is 1.00. The molecule has 0 radical (unpaired) electrons. The van der Waals surface area contributed by atoms with Gasteiger partial charge in [-0.2, -0.15) is 0 Å². The summed E-state index contributed by atoms with van der Waals surface area (Å²) in [7, 11) is 3.39. The Balaban J connectivity index is 4.19. The maximum Gasteiger partial charge on any atom is 0.167 e. The van der Waals surface area contributed by atoms with Gasteiger partial charge in [0.2, 0.25) is 0 Å². The van der Waals surface area contributed by atoms with Crippen molar-refractivity contribution < 1.29 is 9.47 Å². The molecule has 0 aromatic rings. The van der Waals surface area contributed by atoms with Gasteiger partial charge in [0.05, 0.1) is 0 Å². The zero-order valence-electron chi connectivity index (χ0n) is 8.31. The Labute approximate surface area is 69.9 Å². The predicted octanol–water partition coefficient (Wildman–Crippen LogP) is 2.43. The summed E-state index contributed by atoms with van der Waals surface area (Å²) in [4.78, 5) is 0. The molecule has 0 N–H and O–H groups in total. The van der Waals surface area contributed by atoms with Gasteiger partial charge in [-0.3, -0.25) is 0 Å². The average Bonchev–Trinajstić information content (AvgIpc) is 2.06. The van der Waals surface area contributed by atoms with Gasteiger partial charge in [-0.25, -0.2) is 0 Å². The van der Waals surface area contributed by atoms with Gasteiger partial charge >= 0.3 is 0 Å². The molecule has 0 unspecified atom stereocenters. The van der Waals surface area contributed by atoms with E-state index in [1.807, 2.05) is 6.92 Å². The largest absolute Gasteiger partial charge is 0.353 e. The molecule has 0 aliphatic rings. The lowest BCUT2D eigenvalue weighted by Crippen LogP contribution is -2.38. The summed E-state index contributed by atoms with van der Waals surface area (Å²) in [6, 6.07) is 0. The van der Waals surface area contributed by atoms with Crippen LogP contribution >= 0.6 is 0 Å². The molecule has 0 aliphatic carbocycles. The number of hydrogen-bond donors (Lipinski definition) is 0. The van der Waals surface area contributed by atoms with Gasteiger partial charge in [-0.15, -0.1) is 0 Å². The smallest absolute Gasteiger partial charge is 0.167 e. The van der Waals surface area contributed by atoms with Crippen LogP contribution in [0.25, 0.3) is 0 Å². The van der Waals surface area contributed by atoms with Crippen molar-refractivity contribution >= 4 is 0 Å². The van der Waals surface area contributed by atoms with Crippen LogP contribution in [-0.2, 0) is 9.47 Å². The second-order valence-corrected chi connectivity index (χ2v) is 2.94. The van der Waals surface area contributed by atoms with E-state index in [0.717, 1.165) is 12.8 Å². The normalized spacial score (nSPS) is 12.5. The van der Waals surface area contributed by atoms with E-state index in [1.165, 1.54) is 0 Å². The van der Waals surface area contributed by atoms with Crippen LogP contribution in [0.5, 0.6) is 0 Å². The fourth-order valence-corrected chi connectivity index (χ4v) is 1.45. The minimum atomic E-state index is -0.399. The van der Waals surface area contributed by atoms with Gasteiger partial charge < -0.3 is 9.47 Å². The first kappa shape index (κ1) is 10.9. The summed E-state index contributed by atoms with van der Waals surface area (Å²) < 4.78 is 10.6. The van der Waals surface area contributed by atoms with E-state index in [-0.39, 0.29) is 0 Å². The standard InChI is InChI=1S/C9H20O2/c1-6-8(7-2)9(3,10-4)11-5/h8H,6-7H2,1-5H3. The number of rotatable bonds is 5. The number of hydrogen-bond acceptors (Lipinski definition) is 2. The molecule has 0 aromatic carbocycles. The highest BCUT2D eigenvalue weighted by molar-refractivity contribution is 4.71. The van der Waals surface area contributed by atoms with Crippen LogP contribution in [0.1, 0.15) is 33.6 Å². The highest BCUT2D eigenvalue weighted by Crippen LogP contribution is 2.27. The molecular formula is C9H20O2. The monoisotopic (exact) mass is 160 g/mol. The zero-order chi connectivity index (χ0) is 8.91. The van der Waals surface area contributed by atoms with Gasteiger partial charge in [0.15, 0.2) is 5.79 Å². The summed E-state index contributed by atoms with van der Waals surface area (Å²) in [5.41, 5.74) is 0. The Bertz CT molecular complexity index is 93.7. The van der Waals surface area contributed by atoms with Gasteiger partial charge in [0, 0.05) is 20.1 Å². The molecule has 0 aliphatic heterocycles. The second kappa shape index (κ2) is 4.73. The van der Waals surface area contributed by atoms with Crippen molar-refractivity contribution in [1.82, 2.24) is 0 Å². The van der Waals surface area contributed by atoms with Crippen LogP contribution in [0, 0.1) is 5.92 Å². The Hall–Kier alpha value is -0.0800. The third kappa shape index (κ3) is 2.46. The van der Waals surface area contributed by atoms with Crippen molar-refractivity contribution in [2.24, 2.45) is 5.92 Å². The summed E-state index contributed by atoms with van der Waals surface area (Å²) in [6.07, 6.45) is 2.18. The van der Waals surface area contributed by atoms with Crippen molar-refractivity contribution in [2.75, 3.05) is 14.2 Å². The van der Waals surface area contributed by atoms with Crippen LogP contribution in [0.2, 0.25) is 0 Å². The maximum atomic E-state index is 5.31. The van der Waals surface area contributed by atoms with Gasteiger partial charge in [0.25, 0.3) is 0 Å². The van der Waals surface area contributed by atoms with E-state index in [0.29, 0.717) is 5.92 Å². The van der Waals surface area contributed by atoms with Crippen LogP contribution in [-0.4, -0.2) is 20.0 Å². The quantitative estimate of drug-likeness (QED) is 0.575. The SMILES string of the molecule is CCC(CC)C(C)(OC)OC. The Morgan fingerprint density at radius 1 is 1.09 bits per heavy atom. The van der Waals surface area contributed by atoms with Crippen molar-refractivity contribution in [3.05, 3.63) is 0 Å². The topological polar surface area (TPSA) is 18.5 Å². The minimum Gasteiger partial charge on any atom is -0.353 e. The van der Waals surface area contributed by atoms with E-state index >= 15 is 0 Å². The van der Waals surface area contributed by atoms with Crippen molar-refractivity contribution in [3.63, 3.8) is 0 Å². The lowest BCUT2D eigenvalue weighted by atomic mass is 9.94. The Kier molecular flexibility index (Phi) is 4.69. The Morgan fingerprint density at radius 2 is 1.45 bits per heavy atom. The molecule has 0 saturated carbocycles. The lowest BCUT2D eigenvalue weighted by molar-refractivity contribution is -0.228. The minimum absolute atomic E-state index is 0.399. The molecule has 0 rings (SSSR count). The first-order chi connectivity index (χ1) is 5.14. The third-order valence-electron chi connectivity index (χ3n) is 2.54. The van der Waals surface area contributed by atoms with Crippen molar-refractivity contribution in [3.8, 4) is 0 Å². The van der Waals surface area contributed by atoms with Crippen LogP contribution in [0.4, 0.5) is 0 Å². The molecule has 2 heteroatoms. The molecule has 11 heavy (non-hydrogen) atoms. The first-order valence-corrected chi connectivity index (χ1v) is 4.24. The van der Waals surface area contributed by atoms with E-state index in [9.17, 15) is 0 Å².